The van der Waals surface area contributed by atoms with Crippen molar-refractivity contribution in [3.8, 4) is 0 Å². The SMILES string of the molecule is CCCCCCCCCCCCCCC(C)(C(C)CN)S(=O)(=O)O. The Labute approximate surface area is 150 Å². The standard InChI is InChI=1S/C19H41NO3S/c1-4-5-6-7-8-9-10-11-12-13-14-15-16-19(3,18(2)17-20)24(21,22)23/h18H,4-17,20H2,1-3H3,(H,21,22,23). The summed E-state index contributed by atoms with van der Waals surface area (Å²) in [4.78, 5) is 0. The normalized spacial score (nSPS) is 16.0. The molecule has 0 aromatic rings. The Morgan fingerprint density at radius 3 is 1.58 bits per heavy atom. The molecule has 0 spiro atoms. The summed E-state index contributed by atoms with van der Waals surface area (Å²) in [6.45, 7) is 5.94. The minimum Gasteiger partial charge on any atom is -0.330 e. The van der Waals surface area contributed by atoms with Crippen molar-refractivity contribution in [3.63, 3.8) is 0 Å². The molecule has 0 aliphatic rings. The molecular formula is C19H41NO3S. The van der Waals surface area contributed by atoms with E-state index >= 15 is 0 Å². The predicted octanol–water partition coefficient (Wildman–Crippen LogP) is 5.32. The Balaban J connectivity index is 3.74. The molecule has 0 saturated heterocycles. The van der Waals surface area contributed by atoms with Crippen LogP contribution in [0.1, 0.15) is 104 Å². The highest BCUT2D eigenvalue weighted by molar-refractivity contribution is 7.87. The second-order valence-electron chi connectivity index (χ2n) is 7.56. The maximum atomic E-state index is 11.7. The van der Waals surface area contributed by atoms with E-state index < -0.39 is 14.9 Å². The van der Waals surface area contributed by atoms with Crippen molar-refractivity contribution in [2.24, 2.45) is 11.7 Å². The van der Waals surface area contributed by atoms with Crippen LogP contribution in [0.15, 0.2) is 0 Å². The first-order chi connectivity index (χ1) is 11.3. The fraction of sp³-hybridized carbons (Fsp3) is 1.00. The van der Waals surface area contributed by atoms with E-state index in [1.807, 2.05) is 0 Å². The summed E-state index contributed by atoms with van der Waals surface area (Å²) in [5.74, 6) is -0.236. The van der Waals surface area contributed by atoms with Crippen LogP contribution in [0.25, 0.3) is 0 Å². The fourth-order valence-corrected chi connectivity index (χ4v) is 4.20. The monoisotopic (exact) mass is 363 g/mol. The molecule has 2 unspecified atom stereocenters. The molecule has 2 atom stereocenters. The van der Waals surface area contributed by atoms with Crippen LogP contribution in [0.3, 0.4) is 0 Å². The molecule has 0 fully saturated rings. The largest absolute Gasteiger partial charge is 0.330 e. The zero-order valence-corrected chi connectivity index (χ0v) is 17.0. The first-order valence-electron chi connectivity index (χ1n) is 9.96. The van der Waals surface area contributed by atoms with Gasteiger partial charge in [-0.25, -0.2) is 0 Å². The summed E-state index contributed by atoms with van der Waals surface area (Å²) in [7, 11) is -4.07. The first kappa shape index (κ1) is 23.9. The molecule has 0 heterocycles. The minimum atomic E-state index is -4.07. The molecule has 24 heavy (non-hydrogen) atoms. The summed E-state index contributed by atoms with van der Waals surface area (Å²) >= 11 is 0. The van der Waals surface area contributed by atoms with Gasteiger partial charge in [-0.1, -0.05) is 90.9 Å². The van der Waals surface area contributed by atoms with E-state index in [0.717, 1.165) is 19.3 Å². The minimum absolute atomic E-state index is 0.236. The zero-order valence-electron chi connectivity index (χ0n) is 16.2. The molecule has 5 heteroatoms. The molecule has 0 aromatic heterocycles. The van der Waals surface area contributed by atoms with E-state index in [9.17, 15) is 13.0 Å². The van der Waals surface area contributed by atoms with E-state index in [1.54, 1.807) is 13.8 Å². The van der Waals surface area contributed by atoms with E-state index in [0.29, 0.717) is 6.42 Å². The predicted molar refractivity (Wildman–Crippen MR) is 104 cm³/mol. The topological polar surface area (TPSA) is 80.4 Å². The Hall–Kier alpha value is -0.130. The quantitative estimate of drug-likeness (QED) is 0.287. The molecule has 0 aliphatic carbocycles. The zero-order chi connectivity index (χ0) is 18.5. The van der Waals surface area contributed by atoms with Gasteiger partial charge in [0.25, 0.3) is 10.1 Å². The second-order valence-corrected chi connectivity index (χ2v) is 9.45. The van der Waals surface area contributed by atoms with Crippen molar-refractivity contribution in [2.75, 3.05) is 6.54 Å². The summed E-state index contributed by atoms with van der Waals surface area (Å²) in [6, 6.07) is 0. The van der Waals surface area contributed by atoms with Gasteiger partial charge in [0.1, 0.15) is 0 Å². The number of hydrogen-bond acceptors (Lipinski definition) is 3. The van der Waals surface area contributed by atoms with E-state index in [1.165, 1.54) is 57.8 Å². The lowest BCUT2D eigenvalue weighted by molar-refractivity contribution is 0.337. The molecule has 0 radical (unpaired) electrons. The van der Waals surface area contributed by atoms with Crippen LogP contribution in [0.4, 0.5) is 0 Å². The Kier molecular flexibility index (Phi) is 13.1. The maximum absolute atomic E-state index is 11.7. The molecule has 0 aromatic carbocycles. The van der Waals surface area contributed by atoms with Gasteiger partial charge >= 0.3 is 0 Å². The Morgan fingerprint density at radius 2 is 1.25 bits per heavy atom. The molecule has 0 aliphatic heterocycles. The summed E-state index contributed by atoms with van der Waals surface area (Å²) in [6.07, 6.45) is 15.5. The lowest BCUT2D eigenvalue weighted by atomic mass is 9.89. The van der Waals surface area contributed by atoms with Crippen LogP contribution in [-0.2, 0) is 10.1 Å². The molecule has 0 bridgehead atoms. The summed E-state index contributed by atoms with van der Waals surface area (Å²) < 4.78 is 31.8. The lowest BCUT2D eigenvalue weighted by Gasteiger charge is -2.31. The van der Waals surface area contributed by atoms with Crippen molar-refractivity contribution in [3.05, 3.63) is 0 Å². The van der Waals surface area contributed by atoms with Crippen LogP contribution in [0.2, 0.25) is 0 Å². The third-order valence-electron chi connectivity index (χ3n) is 5.51. The van der Waals surface area contributed by atoms with Crippen LogP contribution in [-0.4, -0.2) is 24.3 Å². The third-order valence-corrected chi connectivity index (χ3v) is 7.30. The van der Waals surface area contributed by atoms with Gasteiger partial charge in [0.2, 0.25) is 0 Å². The number of unbranched alkanes of at least 4 members (excludes halogenated alkanes) is 11. The molecule has 0 saturated carbocycles. The molecule has 146 valence electrons. The van der Waals surface area contributed by atoms with Gasteiger partial charge in [0.05, 0.1) is 4.75 Å². The third kappa shape index (κ3) is 9.38. The smallest absolute Gasteiger partial charge is 0.270 e. The number of rotatable bonds is 16. The lowest BCUT2D eigenvalue weighted by Crippen LogP contribution is -2.44. The van der Waals surface area contributed by atoms with Gasteiger partial charge in [-0.2, -0.15) is 8.42 Å². The van der Waals surface area contributed by atoms with Gasteiger partial charge in [0, 0.05) is 0 Å². The van der Waals surface area contributed by atoms with Crippen LogP contribution in [0, 0.1) is 5.92 Å². The van der Waals surface area contributed by atoms with Crippen LogP contribution >= 0.6 is 0 Å². The van der Waals surface area contributed by atoms with Crippen molar-refractivity contribution in [1.82, 2.24) is 0 Å². The highest BCUT2D eigenvalue weighted by Crippen LogP contribution is 2.31. The maximum Gasteiger partial charge on any atom is 0.270 e. The van der Waals surface area contributed by atoms with Crippen molar-refractivity contribution in [1.29, 1.82) is 0 Å². The van der Waals surface area contributed by atoms with Crippen LogP contribution in [0.5, 0.6) is 0 Å². The molecule has 3 N–H and O–H groups in total. The first-order valence-corrected chi connectivity index (χ1v) is 11.4. The summed E-state index contributed by atoms with van der Waals surface area (Å²) in [5.41, 5.74) is 5.62. The molecule has 4 nitrogen and oxygen atoms in total. The van der Waals surface area contributed by atoms with Gasteiger partial charge in [-0.3, -0.25) is 4.55 Å². The average molecular weight is 364 g/mol. The fourth-order valence-electron chi connectivity index (χ4n) is 3.20. The number of hydrogen-bond donors (Lipinski definition) is 2. The van der Waals surface area contributed by atoms with Gasteiger partial charge in [-0.15, -0.1) is 0 Å². The highest BCUT2D eigenvalue weighted by Gasteiger charge is 2.41. The van der Waals surface area contributed by atoms with E-state index in [-0.39, 0.29) is 12.5 Å². The van der Waals surface area contributed by atoms with E-state index in [4.69, 9.17) is 5.73 Å². The van der Waals surface area contributed by atoms with Crippen molar-refractivity contribution in [2.45, 2.75) is 109 Å². The van der Waals surface area contributed by atoms with Gasteiger partial charge < -0.3 is 5.73 Å². The highest BCUT2D eigenvalue weighted by atomic mass is 32.2. The average Bonchev–Trinajstić information content (AvgIpc) is 2.53. The number of nitrogens with two attached hydrogens (primary N) is 1. The van der Waals surface area contributed by atoms with Gasteiger partial charge in [0.15, 0.2) is 0 Å². The van der Waals surface area contributed by atoms with E-state index in [2.05, 4.69) is 6.92 Å². The van der Waals surface area contributed by atoms with Crippen LogP contribution < -0.4 is 5.73 Å². The Morgan fingerprint density at radius 1 is 0.875 bits per heavy atom. The molecule has 0 rings (SSSR count). The molecule has 0 amide bonds. The van der Waals surface area contributed by atoms with Crippen molar-refractivity contribution >= 4 is 10.1 Å². The Bertz CT molecular complexity index is 397. The second kappa shape index (κ2) is 13.1. The molecular weight excluding hydrogens is 322 g/mol. The van der Waals surface area contributed by atoms with Crippen molar-refractivity contribution < 1.29 is 13.0 Å². The summed E-state index contributed by atoms with van der Waals surface area (Å²) in [5, 5.41) is 0. The van der Waals surface area contributed by atoms with Gasteiger partial charge in [-0.05, 0) is 25.8 Å².